The van der Waals surface area contributed by atoms with Gasteiger partial charge in [-0.2, -0.15) is 0 Å². The summed E-state index contributed by atoms with van der Waals surface area (Å²) in [4.78, 5) is 12.1. The lowest BCUT2D eigenvalue weighted by Gasteiger charge is -2.08. The Hall–Kier alpha value is -1.70. The molecule has 0 unspecified atom stereocenters. The van der Waals surface area contributed by atoms with Crippen LogP contribution in [0.1, 0.15) is 15.9 Å². The van der Waals surface area contributed by atoms with E-state index in [4.69, 9.17) is 0 Å². The molecule has 5 nitrogen and oxygen atoms in total. The first kappa shape index (κ1) is 17.7. The Morgan fingerprint density at radius 3 is 2.22 bits per heavy atom. The van der Waals surface area contributed by atoms with Crippen LogP contribution in [0.3, 0.4) is 0 Å². The monoisotopic (exact) mass is 396 g/mol. The lowest BCUT2D eigenvalue weighted by Crippen LogP contribution is -2.34. The second kappa shape index (κ2) is 7.72. The van der Waals surface area contributed by atoms with Crippen LogP contribution >= 0.6 is 15.9 Å². The third-order valence-electron chi connectivity index (χ3n) is 3.14. The molecule has 0 saturated carbocycles. The first-order valence-corrected chi connectivity index (χ1v) is 9.26. The summed E-state index contributed by atoms with van der Waals surface area (Å²) in [6, 6.07) is 13.5. The number of carbonyl (C=O) groups is 1. The van der Waals surface area contributed by atoms with Crippen LogP contribution in [-0.2, 0) is 10.0 Å². The van der Waals surface area contributed by atoms with Crippen LogP contribution < -0.4 is 10.0 Å². The molecule has 2 aromatic rings. The first-order valence-electron chi connectivity index (χ1n) is 6.98. The van der Waals surface area contributed by atoms with Gasteiger partial charge in [-0.05, 0) is 43.3 Å². The molecule has 2 N–H and O–H groups in total. The molecule has 0 radical (unpaired) electrons. The highest BCUT2D eigenvalue weighted by atomic mass is 79.9. The highest BCUT2D eigenvalue weighted by Gasteiger charge is 2.13. The van der Waals surface area contributed by atoms with Gasteiger partial charge in [0.25, 0.3) is 5.91 Å². The van der Waals surface area contributed by atoms with Gasteiger partial charge in [0.2, 0.25) is 10.0 Å². The van der Waals surface area contributed by atoms with Crippen molar-refractivity contribution in [2.45, 2.75) is 11.8 Å². The molecule has 0 heterocycles. The van der Waals surface area contributed by atoms with Crippen molar-refractivity contribution in [1.82, 2.24) is 10.0 Å². The zero-order chi connectivity index (χ0) is 16.9. The van der Waals surface area contributed by atoms with Crippen LogP contribution in [0.15, 0.2) is 57.9 Å². The summed E-state index contributed by atoms with van der Waals surface area (Å²) in [5, 5.41) is 2.68. The standard InChI is InChI=1S/C16H17BrN2O3S/c1-12-2-4-13(5-3-12)16(20)18-10-11-19-23(21,22)15-8-6-14(17)7-9-15/h2-9,19H,10-11H2,1H3,(H,18,20). The van der Waals surface area contributed by atoms with Gasteiger partial charge in [-0.25, -0.2) is 13.1 Å². The van der Waals surface area contributed by atoms with Crippen molar-refractivity contribution in [3.8, 4) is 0 Å². The van der Waals surface area contributed by atoms with Crippen molar-refractivity contribution in [3.63, 3.8) is 0 Å². The molecule has 2 aromatic carbocycles. The SMILES string of the molecule is Cc1ccc(C(=O)NCCNS(=O)(=O)c2ccc(Br)cc2)cc1. The predicted octanol–water partition coefficient (Wildman–Crippen LogP) is 2.47. The molecule has 0 saturated heterocycles. The minimum atomic E-state index is -3.57. The maximum atomic E-state index is 12.1. The van der Waals surface area contributed by atoms with Gasteiger partial charge in [0.1, 0.15) is 0 Å². The fourth-order valence-electron chi connectivity index (χ4n) is 1.87. The van der Waals surface area contributed by atoms with Crippen molar-refractivity contribution in [2.24, 2.45) is 0 Å². The molecular formula is C16H17BrN2O3S. The number of halogens is 1. The fourth-order valence-corrected chi connectivity index (χ4v) is 3.16. The van der Waals surface area contributed by atoms with E-state index >= 15 is 0 Å². The molecule has 0 fully saturated rings. The van der Waals surface area contributed by atoms with E-state index in [0.717, 1.165) is 10.0 Å². The number of aryl methyl sites for hydroxylation is 1. The second-order valence-corrected chi connectivity index (χ2v) is 7.66. The number of hydrogen-bond acceptors (Lipinski definition) is 3. The van der Waals surface area contributed by atoms with Gasteiger partial charge in [-0.1, -0.05) is 33.6 Å². The van der Waals surface area contributed by atoms with Crippen LogP contribution in [0, 0.1) is 6.92 Å². The van der Waals surface area contributed by atoms with E-state index in [-0.39, 0.29) is 23.9 Å². The number of carbonyl (C=O) groups excluding carboxylic acids is 1. The molecule has 0 aromatic heterocycles. The Morgan fingerprint density at radius 2 is 1.61 bits per heavy atom. The summed E-state index contributed by atoms with van der Waals surface area (Å²) in [5.41, 5.74) is 1.62. The number of amides is 1. The van der Waals surface area contributed by atoms with Crippen LogP contribution in [0.25, 0.3) is 0 Å². The molecule has 1 amide bonds. The average Bonchev–Trinajstić information content (AvgIpc) is 2.52. The van der Waals surface area contributed by atoms with E-state index in [0.29, 0.717) is 5.56 Å². The zero-order valence-electron chi connectivity index (χ0n) is 12.5. The Morgan fingerprint density at radius 1 is 1.00 bits per heavy atom. The summed E-state index contributed by atoms with van der Waals surface area (Å²) in [5.74, 6) is -0.229. The highest BCUT2D eigenvalue weighted by molar-refractivity contribution is 9.10. The molecule has 0 atom stereocenters. The first-order chi connectivity index (χ1) is 10.9. The van der Waals surface area contributed by atoms with Gasteiger partial charge in [0.05, 0.1) is 4.90 Å². The maximum Gasteiger partial charge on any atom is 0.251 e. The molecule has 122 valence electrons. The van der Waals surface area contributed by atoms with E-state index in [1.165, 1.54) is 12.1 Å². The molecule has 0 bridgehead atoms. The van der Waals surface area contributed by atoms with E-state index in [2.05, 4.69) is 26.0 Å². The summed E-state index contributed by atoms with van der Waals surface area (Å²) in [6.07, 6.45) is 0. The number of nitrogens with one attached hydrogen (secondary N) is 2. The van der Waals surface area contributed by atoms with Gasteiger partial charge in [-0.15, -0.1) is 0 Å². The van der Waals surface area contributed by atoms with Crippen molar-refractivity contribution < 1.29 is 13.2 Å². The molecule has 0 aliphatic carbocycles. The lowest BCUT2D eigenvalue weighted by atomic mass is 10.1. The van der Waals surface area contributed by atoms with Gasteiger partial charge in [0.15, 0.2) is 0 Å². The number of sulfonamides is 1. The van der Waals surface area contributed by atoms with E-state index in [1.807, 2.05) is 19.1 Å². The maximum absolute atomic E-state index is 12.1. The molecule has 0 aliphatic heterocycles. The molecular weight excluding hydrogens is 380 g/mol. The minimum absolute atomic E-state index is 0.121. The lowest BCUT2D eigenvalue weighted by molar-refractivity contribution is 0.0954. The average molecular weight is 397 g/mol. The van der Waals surface area contributed by atoms with Crippen molar-refractivity contribution in [1.29, 1.82) is 0 Å². The summed E-state index contributed by atoms with van der Waals surface area (Å²) in [7, 11) is -3.57. The highest BCUT2D eigenvalue weighted by Crippen LogP contribution is 2.14. The molecule has 23 heavy (non-hydrogen) atoms. The zero-order valence-corrected chi connectivity index (χ0v) is 14.9. The third kappa shape index (κ3) is 5.16. The van der Waals surface area contributed by atoms with Crippen LogP contribution in [-0.4, -0.2) is 27.4 Å². The van der Waals surface area contributed by atoms with E-state index < -0.39 is 10.0 Å². The molecule has 2 rings (SSSR count). The van der Waals surface area contributed by atoms with Crippen molar-refractivity contribution in [2.75, 3.05) is 13.1 Å². The molecule has 7 heteroatoms. The Bertz CT molecular complexity index is 772. The van der Waals surface area contributed by atoms with Crippen LogP contribution in [0.5, 0.6) is 0 Å². The van der Waals surface area contributed by atoms with Crippen LogP contribution in [0.4, 0.5) is 0 Å². The van der Waals surface area contributed by atoms with Gasteiger partial charge >= 0.3 is 0 Å². The van der Waals surface area contributed by atoms with E-state index in [1.54, 1.807) is 24.3 Å². The number of rotatable bonds is 6. The predicted molar refractivity (Wildman–Crippen MR) is 92.8 cm³/mol. The van der Waals surface area contributed by atoms with Gasteiger partial charge in [0, 0.05) is 23.1 Å². The summed E-state index contributed by atoms with van der Waals surface area (Å²) < 4.78 is 27.4. The number of benzene rings is 2. The van der Waals surface area contributed by atoms with E-state index in [9.17, 15) is 13.2 Å². The summed E-state index contributed by atoms with van der Waals surface area (Å²) >= 11 is 3.26. The van der Waals surface area contributed by atoms with Gasteiger partial charge < -0.3 is 5.32 Å². The van der Waals surface area contributed by atoms with Gasteiger partial charge in [-0.3, -0.25) is 4.79 Å². The minimum Gasteiger partial charge on any atom is -0.351 e. The molecule has 0 spiro atoms. The molecule has 0 aliphatic rings. The Balaban J connectivity index is 1.83. The largest absolute Gasteiger partial charge is 0.351 e. The smallest absolute Gasteiger partial charge is 0.251 e. The Kier molecular flexibility index (Phi) is 5.92. The van der Waals surface area contributed by atoms with Crippen molar-refractivity contribution in [3.05, 3.63) is 64.1 Å². The number of hydrogen-bond donors (Lipinski definition) is 2. The third-order valence-corrected chi connectivity index (χ3v) is 5.15. The summed E-state index contributed by atoms with van der Waals surface area (Å²) in [6.45, 7) is 2.27. The normalized spacial score (nSPS) is 11.2. The van der Waals surface area contributed by atoms with Crippen molar-refractivity contribution >= 4 is 31.9 Å². The quantitative estimate of drug-likeness (QED) is 0.736. The fraction of sp³-hybridized carbons (Fsp3) is 0.188. The second-order valence-electron chi connectivity index (χ2n) is 4.97. The topological polar surface area (TPSA) is 75.3 Å². The van der Waals surface area contributed by atoms with Crippen LogP contribution in [0.2, 0.25) is 0 Å². The Labute approximate surface area is 144 Å².